The number of anilines is 2. The van der Waals surface area contributed by atoms with E-state index in [9.17, 15) is 13.2 Å². The van der Waals surface area contributed by atoms with Gasteiger partial charge in [-0.05, 0) is 41.5 Å². The van der Waals surface area contributed by atoms with Crippen LogP contribution in [0.5, 0.6) is 0 Å². The third-order valence-corrected chi connectivity index (χ3v) is 6.36. The fourth-order valence-corrected chi connectivity index (χ4v) is 5.11. The van der Waals surface area contributed by atoms with E-state index in [2.05, 4.69) is 15.6 Å². The van der Waals surface area contributed by atoms with Crippen LogP contribution in [0.4, 0.5) is 11.4 Å². The highest BCUT2D eigenvalue weighted by atomic mass is 32.2. The summed E-state index contributed by atoms with van der Waals surface area (Å²) in [6.07, 6.45) is 4.61. The Hall–Kier alpha value is -3.39. The SMILES string of the molecule is O=C1Nc2ccc(-c3cnco3)cc2/C1=C/Nc1ccc2c(c1)CS(=O)(=O)C2. The van der Waals surface area contributed by atoms with Gasteiger partial charge >= 0.3 is 0 Å². The molecule has 140 valence electrons. The van der Waals surface area contributed by atoms with Crippen LogP contribution >= 0.6 is 0 Å². The lowest BCUT2D eigenvalue weighted by Gasteiger charge is -2.05. The molecule has 0 aliphatic carbocycles. The first kappa shape index (κ1) is 16.8. The van der Waals surface area contributed by atoms with E-state index in [1.807, 2.05) is 36.4 Å². The summed E-state index contributed by atoms with van der Waals surface area (Å²) in [5.74, 6) is 0.553. The number of rotatable bonds is 3. The van der Waals surface area contributed by atoms with Crippen molar-refractivity contribution in [3.05, 3.63) is 71.9 Å². The molecular weight excluding hydrogens is 378 g/mol. The van der Waals surface area contributed by atoms with Crippen LogP contribution in [0.3, 0.4) is 0 Å². The number of aromatic nitrogens is 1. The van der Waals surface area contributed by atoms with Crippen LogP contribution in [0, 0.1) is 0 Å². The molecule has 2 aliphatic rings. The molecule has 0 radical (unpaired) electrons. The fourth-order valence-electron chi connectivity index (χ4n) is 3.51. The molecular formula is C20H15N3O4S. The van der Waals surface area contributed by atoms with Gasteiger partial charge in [-0.3, -0.25) is 4.79 Å². The van der Waals surface area contributed by atoms with Gasteiger partial charge in [0.1, 0.15) is 0 Å². The van der Waals surface area contributed by atoms with Crippen molar-refractivity contribution in [2.45, 2.75) is 11.5 Å². The number of nitrogens with one attached hydrogen (secondary N) is 2. The number of nitrogens with zero attached hydrogens (tertiary/aromatic N) is 1. The molecule has 1 aromatic heterocycles. The maximum Gasteiger partial charge on any atom is 0.257 e. The highest BCUT2D eigenvalue weighted by molar-refractivity contribution is 7.90. The highest BCUT2D eigenvalue weighted by Crippen LogP contribution is 2.35. The summed E-state index contributed by atoms with van der Waals surface area (Å²) in [7, 11) is -3.05. The molecule has 0 saturated carbocycles. The first-order valence-electron chi connectivity index (χ1n) is 8.62. The standard InChI is InChI=1S/C20H15N3O4S/c24-20-17(7-22-15-3-1-13-9-28(25,26)10-14(13)5-15)16-6-12(2-4-18(16)23-20)19-8-21-11-27-19/h1-8,11,22H,9-10H2,(H,23,24)/b17-7-. The topological polar surface area (TPSA) is 101 Å². The van der Waals surface area contributed by atoms with Gasteiger partial charge < -0.3 is 15.1 Å². The molecule has 1 amide bonds. The zero-order chi connectivity index (χ0) is 19.3. The van der Waals surface area contributed by atoms with Crippen molar-refractivity contribution >= 4 is 32.7 Å². The first-order chi connectivity index (χ1) is 13.5. The van der Waals surface area contributed by atoms with E-state index in [1.165, 1.54) is 6.39 Å². The van der Waals surface area contributed by atoms with E-state index in [4.69, 9.17) is 4.42 Å². The molecule has 2 aromatic carbocycles. The van der Waals surface area contributed by atoms with Crippen LogP contribution in [0.2, 0.25) is 0 Å². The van der Waals surface area contributed by atoms with Gasteiger partial charge in [-0.1, -0.05) is 6.07 Å². The van der Waals surface area contributed by atoms with Gasteiger partial charge in [-0.25, -0.2) is 13.4 Å². The van der Waals surface area contributed by atoms with Crippen molar-refractivity contribution in [3.63, 3.8) is 0 Å². The lowest BCUT2D eigenvalue weighted by atomic mass is 10.0. The summed E-state index contributed by atoms with van der Waals surface area (Å²) >= 11 is 0. The Morgan fingerprint density at radius 1 is 1.11 bits per heavy atom. The second kappa shape index (κ2) is 6.07. The molecule has 0 saturated heterocycles. The van der Waals surface area contributed by atoms with Crippen LogP contribution in [-0.4, -0.2) is 19.3 Å². The molecule has 0 spiro atoms. The van der Waals surface area contributed by atoms with E-state index >= 15 is 0 Å². The summed E-state index contributed by atoms with van der Waals surface area (Å²) in [4.78, 5) is 16.3. The van der Waals surface area contributed by atoms with Crippen LogP contribution in [0.15, 0.2) is 59.6 Å². The molecule has 2 N–H and O–H groups in total. The van der Waals surface area contributed by atoms with Crippen molar-refractivity contribution in [1.82, 2.24) is 4.98 Å². The monoisotopic (exact) mass is 393 g/mol. The van der Waals surface area contributed by atoms with E-state index in [0.29, 0.717) is 11.3 Å². The van der Waals surface area contributed by atoms with Crippen molar-refractivity contribution in [2.24, 2.45) is 0 Å². The number of oxazole rings is 1. The Labute approximate surface area is 161 Å². The minimum Gasteiger partial charge on any atom is -0.444 e. The number of hydrogen-bond donors (Lipinski definition) is 2. The van der Waals surface area contributed by atoms with Gasteiger partial charge in [0, 0.05) is 28.7 Å². The molecule has 28 heavy (non-hydrogen) atoms. The summed E-state index contributed by atoms with van der Waals surface area (Å²) in [6, 6.07) is 11.0. The summed E-state index contributed by atoms with van der Waals surface area (Å²) in [6.45, 7) is 0. The van der Waals surface area contributed by atoms with Crippen LogP contribution < -0.4 is 10.6 Å². The minimum absolute atomic E-state index is 0.0539. The van der Waals surface area contributed by atoms with E-state index in [-0.39, 0.29) is 17.4 Å². The Morgan fingerprint density at radius 3 is 2.79 bits per heavy atom. The van der Waals surface area contributed by atoms with Gasteiger partial charge in [0.2, 0.25) is 0 Å². The van der Waals surface area contributed by atoms with Crippen molar-refractivity contribution in [2.75, 3.05) is 10.6 Å². The molecule has 3 heterocycles. The number of carbonyl (C=O) groups excluding carboxylic acids is 1. The zero-order valence-corrected chi connectivity index (χ0v) is 15.4. The number of carbonyl (C=O) groups is 1. The molecule has 3 aromatic rings. The Balaban J connectivity index is 1.46. The van der Waals surface area contributed by atoms with Gasteiger partial charge in [0.05, 0.1) is 23.3 Å². The maximum atomic E-state index is 12.4. The average Bonchev–Trinajstić information content (AvgIpc) is 3.35. The first-order valence-corrected chi connectivity index (χ1v) is 10.4. The largest absolute Gasteiger partial charge is 0.444 e. The van der Waals surface area contributed by atoms with Crippen LogP contribution in [-0.2, 0) is 26.1 Å². The second-order valence-corrected chi connectivity index (χ2v) is 8.86. The smallest absolute Gasteiger partial charge is 0.257 e. The maximum absolute atomic E-state index is 12.4. The zero-order valence-electron chi connectivity index (χ0n) is 14.6. The Kier molecular flexibility index (Phi) is 3.63. The molecule has 0 fully saturated rings. The molecule has 0 atom stereocenters. The molecule has 7 nitrogen and oxygen atoms in total. The summed E-state index contributed by atoms with van der Waals surface area (Å²) < 4.78 is 28.9. The minimum atomic E-state index is -3.05. The third-order valence-electron chi connectivity index (χ3n) is 4.86. The van der Waals surface area contributed by atoms with Crippen LogP contribution in [0.1, 0.15) is 16.7 Å². The van der Waals surface area contributed by atoms with Gasteiger partial charge in [-0.2, -0.15) is 0 Å². The number of fused-ring (bicyclic) bond motifs is 2. The quantitative estimate of drug-likeness (QED) is 0.663. The third kappa shape index (κ3) is 2.87. The van der Waals surface area contributed by atoms with E-state index < -0.39 is 9.84 Å². The molecule has 5 rings (SSSR count). The molecule has 2 aliphatic heterocycles. The van der Waals surface area contributed by atoms with Crippen molar-refractivity contribution < 1.29 is 17.6 Å². The number of amides is 1. The highest BCUT2D eigenvalue weighted by Gasteiger charge is 2.26. The fraction of sp³-hybridized carbons (Fsp3) is 0.100. The normalized spacial score (nSPS) is 18.0. The van der Waals surface area contributed by atoms with Gasteiger partial charge in [0.15, 0.2) is 22.0 Å². The summed E-state index contributed by atoms with van der Waals surface area (Å²) in [5, 5.41) is 5.95. The van der Waals surface area contributed by atoms with Gasteiger partial charge in [-0.15, -0.1) is 0 Å². The lowest BCUT2D eigenvalue weighted by molar-refractivity contribution is -0.110. The second-order valence-electron chi connectivity index (χ2n) is 6.80. The van der Waals surface area contributed by atoms with E-state index in [1.54, 1.807) is 12.4 Å². The predicted molar refractivity (Wildman–Crippen MR) is 105 cm³/mol. The van der Waals surface area contributed by atoms with Crippen LogP contribution in [0.25, 0.3) is 16.9 Å². The molecule has 0 bridgehead atoms. The number of benzene rings is 2. The van der Waals surface area contributed by atoms with Gasteiger partial charge in [0.25, 0.3) is 5.91 Å². The predicted octanol–water partition coefficient (Wildman–Crippen LogP) is 3.18. The molecule has 0 unspecified atom stereocenters. The summed E-state index contributed by atoms with van der Waals surface area (Å²) in [5.41, 5.74) is 5.16. The average molecular weight is 393 g/mol. The van der Waals surface area contributed by atoms with Crippen molar-refractivity contribution in [1.29, 1.82) is 0 Å². The van der Waals surface area contributed by atoms with Crippen molar-refractivity contribution in [3.8, 4) is 11.3 Å². The van der Waals surface area contributed by atoms with E-state index in [0.717, 1.165) is 33.6 Å². The number of sulfone groups is 1. The lowest BCUT2D eigenvalue weighted by Crippen LogP contribution is -2.05. The Bertz CT molecular complexity index is 1240. The number of hydrogen-bond acceptors (Lipinski definition) is 6. The Morgan fingerprint density at radius 2 is 1.96 bits per heavy atom. The molecule has 8 heteroatoms.